The minimum absolute atomic E-state index is 0.459. The molecule has 1 aromatic heterocycles. The summed E-state index contributed by atoms with van der Waals surface area (Å²) in [6, 6.07) is 0.459. The largest absolute Gasteiger partial charge is 0.366 e. The molecule has 5 heteroatoms. The molecule has 0 bridgehead atoms. The van der Waals surface area contributed by atoms with Crippen LogP contribution < -0.4 is 16.6 Å². The van der Waals surface area contributed by atoms with Gasteiger partial charge in [0, 0.05) is 6.04 Å². The minimum Gasteiger partial charge on any atom is -0.366 e. The summed E-state index contributed by atoms with van der Waals surface area (Å²) in [4.78, 5) is 8.31. The number of nitrogen functional groups attached to an aromatic ring is 1. The second kappa shape index (κ2) is 4.44. The molecular weight excluding hydrogens is 190 g/mol. The van der Waals surface area contributed by atoms with Gasteiger partial charge in [0.2, 0.25) is 0 Å². The Labute approximate surface area is 89.5 Å². The van der Waals surface area contributed by atoms with Crippen LogP contribution in [-0.4, -0.2) is 16.0 Å². The normalized spacial score (nSPS) is 18.0. The Kier molecular flexibility index (Phi) is 3.01. The van der Waals surface area contributed by atoms with E-state index in [0.717, 1.165) is 11.7 Å². The van der Waals surface area contributed by atoms with Gasteiger partial charge in [0.05, 0.1) is 12.4 Å². The molecule has 1 aromatic rings. The highest BCUT2D eigenvalue weighted by molar-refractivity contribution is 5.41. The van der Waals surface area contributed by atoms with Crippen LogP contribution in [0, 0.1) is 5.92 Å². The van der Waals surface area contributed by atoms with Gasteiger partial charge in [-0.2, -0.15) is 0 Å². The van der Waals surface area contributed by atoms with Crippen LogP contribution in [0.3, 0.4) is 0 Å². The number of nitrogens with zero attached hydrogens (tertiary/aromatic N) is 2. The molecule has 0 aromatic carbocycles. The highest BCUT2D eigenvalue weighted by Gasteiger charge is 2.23. The number of hydrazine groups is 1. The number of hydrogen-bond acceptors (Lipinski definition) is 5. The summed E-state index contributed by atoms with van der Waals surface area (Å²) in [6.45, 7) is 2.19. The van der Waals surface area contributed by atoms with Crippen molar-refractivity contribution in [3.8, 4) is 0 Å². The molecule has 0 radical (unpaired) electrons. The number of hydrogen-bond donors (Lipinski definition) is 3. The van der Waals surface area contributed by atoms with E-state index >= 15 is 0 Å². The first kappa shape index (κ1) is 10.2. The zero-order valence-corrected chi connectivity index (χ0v) is 8.90. The van der Waals surface area contributed by atoms with Crippen LogP contribution in [0.4, 0.5) is 11.6 Å². The molecule has 1 aliphatic carbocycles. The smallest absolute Gasteiger partial charge is 0.160 e. The fraction of sp³-hybridized carbons (Fsp3) is 0.600. The summed E-state index contributed by atoms with van der Waals surface area (Å²) >= 11 is 0. The summed E-state index contributed by atoms with van der Waals surface area (Å²) in [5, 5.41) is 3.35. The first-order valence-electron chi connectivity index (χ1n) is 5.35. The summed E-state index contributed by atoms with van der Waals surface area (Å²) in [5.74, 6) is 7.41. The maximum atomic E-state index is 5.27. The summed E-state index contributed by atoms with van der Waals surface area (Å²) < 4.78 is 0. The average Bonchev–Trinajstić information content (AvgIpc) is 2.15. The molecule has 1 fully saturated rings. The molecule has 0 saturated heterocycles. The van der Waals surface area contributed by atoms with E-state index in [0.29, 0.717) is 11.9 Å². The molecule has 4 N–H and O–H groups in total. The van der Waals surface area contributed by atoms with Crippen LogP contribution in [-0.2, 0) is 0 Å². The number of nitrogens with one attached hydrogen (secondary N) is 2. The second-order valence-electron chi connectivity index (χ2n) is 4.06. The van der Waals surface area contributed by atoms with E-state index in [9.17, 15) is 0 Å². The van der Waals surface area contributed by atoms with Crippen molar-refractivity contribution in [1.82, 2.24) is 9.97 Å². The monoisotopic (exact) mass is 207 g/mol. The van der Waals surface area contributed by atoms with E-state index in [1.807, 2.05) is 0 Å². The molecule has 82 valence electrons. The van der Waals surface area contributed by atoms with Crippen LogP contribution in [0.5, 0.6) is 0 Å². The predicted octanol–water partition coefficient (Wildman–Crippen LogP) is 1.36. The Balaban J connectivity index is 1.96. The Morgan fingerprint density at radius 3 is 2.73 bits per heavy atom. The molecule has 1 heterocycles. The average molecular weight is 207 g/mol. The predicted molar refractivity (Wildman–Crippen MR) is 60.3 cm³/mol. The lowest BCUT2D eigenvalue weighted by atomic mass is 9.80. The molecule has 1 unspecified atom stereocenters. The molecule has 1 atom stereocenters. The number of nitrogens with two attached hydrogens (primary N) is 1. The third-order valence-electron chi connectivity index (χ3n) is 3.01. The van der Waals surface area contributed by atoms with Gasteiger partial charge in [-0.1, -0.05) is 6.42 Å². The zero-order chi connectivity index (χ0) is 10.7. The molecule has 1 aliphatic rings. The maximum Gasteiger partial charge on any atom is 0.160 e. The third-order valence-corrected chi connectivity index (χ3v) is 3.01. The Bertz CT molecular complexity index is 323. The van der Waals surface area contributed by atoms with Gasteiger partial charge in [0.25, 0.3) is 0 Å². The van der Waals surface area contributed by atoms with Gasteiger partial charge in [-0.3, -0.25) is 4.98 Å². The Hall–Kier alpha value is -1.36. The van der Waals surface area contributed by atoms with Crippen LogP contribution in [0.25, 0.3) is 0 Å². The van der Waals surface area contributed by atoms with Crippen molar-refractivity contribution in [2.75, 3.05) is 10.7 Å². The maximum absolute atomic E-state index is 5.27. The van der Waals surface area contributed by atoms with Crippen molar-refractivity contribution in [3.63, 3.8) is 0 Å². The molecule has 0 spiro atoms. The highest BCUT2D eigenvalue weighted by Crippen LogP contribution is 2.30. The molecule has 2 rings (SSSR count). The first-order valence-corrected chi connectivity index (χ1v) is 5.35. The third kappa shape index (κ3) is 2.36. The van der Waals surface area contributed by atoms with E-state index in [2.05, 4.69) is 27.6 Å². The SMILES string of the molecule is CC(Nc1cncc(NN)n1)C1CCC1. The van der Waals surface area contributed by atoms with Crippen molar-refractivity contribution >= 4 is 11.6 Å². The van der Waals surface area contributed by atoms with Crippen molar-refractivity contribution in [2.45, 2.75) is 32.2 Å². The van der Waals surface area contributed by atoms with Crippen molar-refractivity contribution < 1.29 is 0 Å². The van der Waals surface area contributed by atoms with Crippen LogP contribution >= 0.6 is 0 Å². The second-order valence-corrected chi connectivity index (χ2v) is 4.06. The number of aromatic nitrogens is 2. The summed E-state index contributed by atoms with van der Waals surface area (Å²) in [5.41, 5.74) is 2.48. The molecule has 1 saturated carbocycles. The van der Waals surface area contributed by atoms with Crippen LogP contribution in [0.15, 0.2) is 12.4 Å². The quantitative estimate of drug-likeness (QED) is 0.513. The fourth-order valence-electron chi connectivity index (χ4n) is 1.80. The van der Waals surface area contributed by atoms with Gasteiger partial charge in [0.15, 0.2) is 5.82 Å². The van der Waals surface area contributed by atoms with E-state index in [4.69, 9.17) is 5.84 Å². The van der Waals surface area contributed by atoms with E-state index in [1.165, 1.54) is 19.3 Å². The van der Waals surface area contributed by atoms with E-state index in [1.54, 1.807) is 12.4 Å². The van der Waals surface area contributed by atoms with E-state index in [-0.39, 0.29) is 0 Å². The van der Waals surface area contributed by atoms with Gasteiger partial charge < -0.3 is 10.7 Å². The minimum atomic E-state index is 0.459. The molecule has 0 amide bonds. The van der Waals surface area contributed by atoms with Crippen LogP contribution in [0.2, 0.25) is 0 Å². The Morgan fingerprint density at radius 1 is 1.40 bits per heavy atom. The lowest BCUT2D eigenvalue weighted by Gasteiger charge is -2.32. The van der Waals surface area contributed by atoms with Gasteiger partial charge in [-0.05, 0) is 25.7 Å². The van der Waals surface area contributed by atoms with Crippen molar-refractivity contribution in [1.29, 1.82) is 0 Å². The first-order chi connectivity index (χ1) is 7.29. The topological polar surface area (TPSA) is 75.9 Å². The number of anilines is 2. The van der Waals surface area contributed by atoms with Gasteiger partial charge in [-0.25, -0.2) is 10.8 Å². The lowest BCUT2D eigenvalue weighted by Crippen LogP contribution is -2.31. The molecule has 15 heavy (non-hydrogen) atoms. The summed E-state index contributed by atoms with van der Waals surface area (Å²) in [6.07, 6.45) is 7.30. The van der Waals surface area contributed by atoms with E-state index < -0.39 is 0 Å². The fourth-order valence-corrected chi connectivity index (χ4v) is 1.80. The van der Waals surface area contributed by atoms with Crippen molar-refractivity contribution in [2.24, 2.45) is 11.8 Å². The summed E-state index contributed by atoms with van der Waals surface area (Å²) in [7, 11) is 0. The van der Waals surface area contributed by atoms with Gasteiger partial charge >= 0.3 is 0 Å². The zero-order valence-electron chi connectivity index (χ0n) is 8.90. The van der Waals surface area contributed by atoms with Crippen LogP contribution in [0.1, 0.15) is 26.2 Å². The highest BCUT2D eigenvalue weighted by atomic mass is 15.3. The Morgan fingerprint density at radius 2 is 2.13 bits per heavy atom. The van der Waals surface area contributed by atoms with Gasteiger partial charge in [-0.15, -0.1) is 0 Å². The molecule has 5 nitrogen and oxygen atoms in total. The molecule has 0 aliphatic heterocycles. The number of rotatable bonds is 4. The molecular formula is C10H17N5. The lowest BCUT2D eigenvalue weighted by molar-refractivity contribution is 0.285. The van der Waals surface area contributed by atoms with Crippen molar-refractivity contribution in [3.05, 3.63) is 12.4 Å². The van der Waals surface area contributed by atoms with Gasteiger partial charge in [0.1, 0.15) is 5.82 Å². The standard InChI is InChI=1S/C10H17N5/c1-7(8-3-2-4-8)13-9-5-12-6-10(14-9)15-11/h5-8H,2-4,11H2,1H3,(H2,13,14,15).